The number of amides is 1. The third-order valence-electron chi connectivity index (χ3n) is 4.41. The third-order valence-corrected chi connectivity index (χ3v) is 7.27. The van der Waals surface area contributed by atoms with E-state index in [2.05, 4.69) is 5.32 Å². The maximum Gasteiger partial charge on any atom is 0.251 e. The van der Waals surface area contributed by atoms with Gasteiger partial charge >= 0.3 is 0 Å². The van der Waals surface area contributed by atoms with Crippen molar-refractivity contribution in [3.05, 3.63) is 63.9 Å². The van der Waals surface area contributed by atoms with Gasteiger partial charge in [0, 0.05) is 24.7 Å². The lowest BCUT2D eigenvalue weighted by atomic mass is 10.1. The van der Waals surface area contributed by atoms with Crippen molar-refractivity contribution >= 4 is 39.1 Å². The quantitative estimate of drug-likeness (QED) is 0.803. The van der Waals surface area contributed by atoms with E-state index < -0.39 is 15.8 Å². The Morgan fingerprint density at radius 2 is 1.59 bits per heavy atom. The molecule has 144 valence electrons. The van der Waals surface area contributed by atoms with Crippen LogP contribution in [0.1, 0.15) is 23.2 Å². The average Bonchev–Trinajstić information content (AvgIpc) is 2.62. The van der Waals surface area contributed by atoms with Crippen LogP contribution in [0.2, 0.25) is 10.0 Å². The van der Waals surface area contributed by atoms with Crippen LogP contribution in [0.4, 0.5) is 4.39 Å². The van der Waals surface area contributed by atoms with Crippen molar-refractivity contribution in [2.24, 2.45) is 0 Å². The highest BCUT2D eigenvalue weighted by Gasteiger charge is 2.32. The summed E-state index contributed by atoms with van der Waals surface area (Å²) in [5.41, 5.74) is 0.356. The first-order chi connectivity index (χ1) is 12.8. The Hall–Kier alpha value is -1.67. The van der Waals surface area contributed by atoms with Crippen molar-refractivity contribution in [2.75, 3.05) is 13.1 Å². The SMILES string of the molecule is O=C(NC1CCN(S(=O)(=O)c2c(Cl)cccc2Cl)CC1)c1ccc(F)cc1. The van der Waals surface area contributed by atoms with E-state index in [9.17, 15) is 17.6 Å². The molecule has 1 saturated heterocycles. The highest BCUT2D eigenvalue weighted by Crippen LogP contribution is 2.32. The zero-order valence-electron chi connectivity index (χ0n) is 14.2. The molecular formula is C18H17Cl2FN2O3S. The molecule has 0 atom stereocenters. The predicted molar refractivity (Wildman–Crippen MR) is 102 cm³/mol. The lowest BCUT2D eigenvalue weighted by Gasteiger charge is -2.32. The van der Waals surface area contributed by atoms with Crippen molar-refractivity contribution in [3.63, 3.8) is 0 Å². The first kappa shape index (κ1) is 20.1. The lowest BCUT2D eigenvalue weighted by Crippen LogP contribution is -2.46. The molecule has 1 aliphatic rings. The van der Waals surface area contributed by atoms with Gasteiger partial charge in [0.05, 0.1) is 10.0 Å². The number of sulfonamides is 1. The van der Waals surface area contributed by atoms with Gasteiger partial charge in [0.15, 0.2) is 0 Å². The van der Waals surface area contributed by atoms with Gasteiger partial charge in [-0.3, -0.25) is 4.79 Å². The summed E-state index contributed by atoms with van der Waals surface area (Å²) >= 11 is 12.1. The number of carbonyl (C=O) groups excluding carboxylic acids is 1. The zero-order valence-corrected chi connectivity index (χ0v) is 16.5. The normalized spacial score (nSPS) is 16.3. The zero-order chi connectivity index (χ0) is 19.6. The largest absolute Gasteiger partial charge is 0.349 e. The predicted octanol–water partition coefficient (Wildman–Crippen LogP) is 3.72. The monoisotopic (exact) mass is 430 g/mol. The van der Waals surface area contributed by atoms with E-state index in [4.69, 9.17) is 23.2 Å². The molecule has 9 heteroatoms. The Labute approximate surface area is 167 Å². The Bertz CT molecular complexity index is 923. The van der Waals surface area contributed by atoms with Gasteiger partial charge in [0.2, 0.25) is 10.0 Å². The van der Waals surface area contributed by atoms with E-state index in [1.807, 2.05) is 0 Å². The number of rotatable bonds is 4. The molecule has 1 N–H and O–H groups in total. The van der Waals surface area contributed by atoms with Gasteiger partial charge in [-0.25, -0.2) is 12.8 Å². The topological polar surface area (TPSA) is 66.5 Å². The minimum absolute atomic E-state index is 0.0780. The summed E-state index contributed by atoms with van der Waals surface area (Å²) in [6, 6.07) is 9.63. The number of hydrogen-bond donors (Lipinski definition) is 1. The molecule has 27 heavy (non-hydrogen) atoms. The van der Waals surface area contributed by atoms with E-state index in [0.717, 1.165) is 0 Å². The van der Waals surface area contributed by atoms with Crippen molar-refractivity contribution in [1.82, 2.24) is 9.62 Å². The molecule has 0 aromatic heterocycles. The van der Waals surface area contributed by atoms with Gasteiger partial charge in [-0.05, 0) is 49.2 Å². The molecule has 1 heterocycles. The summed E-state index contributed by atoms with van der Waals surface area (Å²) < 4.78 is 40.0. The second-order valence-electron chi connectivity index (χ2n) is 6.21. The number of piperidine rings is 1. The molecule has 0 saturated carbocycles. The molecule has 1 aliphatic heterocycles. The van der Waals surface area contributed by atoms with Gasteiger partial charge in [0.25, 0.3) is 5.91 Å². The number of benzene rings is 2. The Morgan fingerprint density at radius 3 is 2.15 bits per heavy atom. The summed E-state index contributed by atoms with van der Waals surface area (Å²) in [5, 5.41) is 3.01. The molecule has 2 aromatic rings. The van der Waals surface area contributed by atoms with Crippen LogP contribution in [0.5, 0.6) is 0 Å². The molecule has 0 aliphatic carbocycles. The standard InChI is InChI=1S/C18H17Cl2FN2O3S/c19-15-2-1-3-16(20)17(15)27(25,26)23-10-8-14(9-11-23)22-18(24)12-4-6-13(21)7-5-12/h1-7,14H,8-11H2,(H,22,24). The summed E-state index contributed by atoms with van der Waals surface area (Å²) in [7, 11) is -3.82. The summed E-state index contributed by atoms with van der Waals surface area (Å²) in [6.45, 7) is 0.469. The molecule has 0 bridgehead atoms. The van der Waals surface area contributed by atoms with E-state index >= 15 is 0 Å². The fourth-order valence-electron chi connectivity index (χ4n) is 2.97. The number of carbonyl (C=O) groups is 1. The number of hydrogen-bond acceptors (Lipinski definition) is 3. The van der Waals surface area contributed by atoms with Gasteiger partial charge in [-0.2, -0.15) is 4.31 Å². The lowest BCUT2D eigenvalue weighted by molar-refractivity contribution is 0.0924. The molecule has 0 spiro atoms. The molecule has 3 rings (SSSR count). The Morgan fingerprint density at radius 1 is 1.04 bits per heavy atom. The highest BCUT2D eigenvalue weighted by molar-refractivity contribution is 7.89. The van der Waals surface area contributed by atoms with Crippen molar-refractivity contribution in [1.29, 1.82) is 0 Å². The summed E-state index contributed by atoms with van der Waals surface area (Å²) in [5.74, 6) is -0.728. The molecule has 0 unspecified atom stereocenters. The molecule has 5 nitrogen and oxygen atoms in total. The number of nitrogens with one attached hydrogen (secondary N) is 1. The summed E-state index contributed by atoms with van der Waals surface area (Å²) in [6.07, 6.45) is 0.905. The Kier molecular flexibility index (Phi) is 6.05. The minimum atomic E-state index is -3.82. The maximum atomic E-state index is 12.9. The second kappa shape index (κ2) is 8.14. The van der Waals surface area contributed by atoms with Crippen LogP contribution in [0.25, 0.3) is 0 Å². The number of halogens is 3. The van der Waals surface area contributed by atoms with Crippen LogP contribution in [0, 0.1) is 5.82 Å². The van der Waals surface area contributed by atoms with Crippen LogP contribution in [0.3, 0.4) is 0 Å². The molecule has 2 aromatic carbocycles. The minimum Gasteiger partial charge on any atom is -0.349 e. The van der Waals surface area contributed by atoms with E-state index in [1.165, 1.54) is 40.7 Å². The highest BCUT2D eigenvalue weighted by atomic mass is 35.5. The summed E-state index contributed by atoms with van der Waals surface area (Å²) in [4.78, 5) is 12.1. The van der Waals surface area contributed by atoms with Crippen LogP contribution in [0.15, 0.2) is 47.4 Å². The first-order valence-electron chi connectivity index (χ1n) is 8.29. The van der Waals surface area contributed by atoms with Crippen LogP contribution in [-0.4, -0.2) is 37.8 Å². The van der Waals surface area contributed by atoms with Gasteiger partial charge < -0.3 is 5.32 Å². The van der Waals surface area contributed by atoms with Crippen LogP contribution in [-0.2, 0) is 10.0 Å². The fraction of sp³-hybridized carbons (Fsp3) is 0.278. The third kappa shape index (κ3) is 4.43. The van der Waals surface area contributed by atoms with Crippen molar-refractivity contribution in [2.45, 2.75) is 23.8 Å². The number of nitrogens with zero attached hydrogens (tertiary/aromatic N) is 1. The van der Waals surface area contributed by atoms with E-state index in [0.29, 0.717) is 18.4 Å². The smallest absolute Gasteiger partial charge is 0.251 e. The first-order valence-corrected chi connectivity index (χ1v) is 10.5. The van der Waals surface area contributed by atoms with Crippen LogP contribution >= 0.6 is 23.2 Å². The van der Waals surface area contributed by atoms with E-state index in [1.54, 1.807) is 6.07 Å². The maximum absolute atomic E-state index is 12.9. The van der Waals surface area contributed by atoms with Gasteiger partial charge in [-0.15, -0.1) is 0 Å². The molecule has 0 radical (unpaired) electrons. The van der Waals surface area contributed by atoms with Crippen LogP contribution < -0.4 is 5.32 Å². The van der Waals surface area contributed by atoms with Crippen molar-refractivity contribution < 1.29 is 17.6 Å². The molecule has 1 fully saturated rings. The van der Waals surface area contributed by atoms with Crippen molar-refractivity contribution in [3.8, 4) is 0 Å². The molecular weight excluding hydrogens is 414 g/mol. The van der Waals surface area contributed by atoms with Gasteiger partial charge in [-0.1, -0.05) is 29.3 Å². The average molecular weight is 431 g/mol. The van der Waals surface area contributed by atoms with E-state index in [-0.39, 0.29) is 40.0 Å². The molecule has 1 amide bonds. The Balaban J connectivity index is 1.65. The van der Waals surface area contributed by atoms with Gasteiger partial charge in [0.1, 0.15) is 10.7 Å². The fourth-order valence-corrected chi connectivity index (χ4v) is 5.53. The second-order valence-corrected chi connectivity index (χ2v) is 8.90.